The molecule has 2 rings (SSSR count). The van der Waals surface area contributed by atoms with E-state index in [0.29, 0.717) is 5.56 Å². The Hall–Kier alpha value is -2.45. The Morgan fingerprint density at radius 3 is 2.50 bits per heavy atom. The first-order chi connectivity index (χ1) is 11.0. The molecular formula is C15H17F3N2O4. The summed E-state index contributed by atoms with van der Waals surface area (Å²) in [5.74, 6) is 0. The monoisotopic (exact) mass is 346 g/mol. The van der Waals surface area contributed by atoms with Gasteiger partial charge in [0.05, 0.1) is 17.3 Å². The molecule has 24 heavy (non-hydrogen) atoms. The quantitative estimate of drug-likeness (QED) is 0.853. The van der Waals surface area contributed by atoms with Gasteiger partial charge in [-0.3, -0.25) is 5.32 Å². The number of carbonyl (C=O) groups excluding carboxylic acids is 2. The number of hydrogen-bond acceptors (Lipinski definition) is 4. The molecule has 1 heterocycles. The Morgan fingerprint density at radius 2 is 2.00 bits per heavy atom. The molecule has 2 N–H and O–H groups in total. The number of amides is 2. The maximum Gasteiger partial charge on any atom is 0.416 e. The average Bonchev–Trinajstić information content (AvgIpc) is 2.81. The molecule has 1 unspecified atom stereocenters. The summed E-state index contributed by atoms with van der Waals surface area (Å²) >= 11 is 0. The van der Waals surface area contributed by atoms with Crippen molar-refractivity contribution in [2.24, 2.45) is 0 Å². The molecule has 132 valence electrons. The van der Waals surface area contributed by atoms with Crippen molar-refractivity contribution in [2.45, 2.75) is 38.6 Å². The first-order valence-corrected chi connectivity index (χ1v) is 7.10. The predicted octanol–water partition coefficient (Wildman–Crippen LogP) is 3.83. The van der Waals surface area contributed by atoms with E-state index < -0.39 is 35.6 Å². The second-order valence-electron chi connectivity index (χ2n) is 6.22. The zero-order valence-electron chi connectivity index (χ0n) is 13.3. The molecule has 1 aromatic carbocycles. The van der Waals surface area contributed by atoms with Gasteiger partial charge in [0, 0.05) is 5.56 Å². The lowest BCUT2D eigenvalue weighted by Crippen LogP contribution is -2.28. The lowest BCUT2D eigenvalue weighted by atomic mass is 10.0. The standard InChI is InChI=1S/C15H17F3N2O4/c1-14(2,3)24-13(22)19-10-6-8(15(16,17)18)4-5-9(10)11-7-23-12(21)20-11/h4-6,11H,7H2,1-3H3,(H,19,22)(H,20,21). The van der Waals surface area contributed by atoms with Gasteiger partial charge in [0.1, 0.15) is 12.2 Å². The van der Waals surface area contributed by atoms with E-state index in [0.717, 1.165) is 12.1 Å². The molecule has 0 bridgehead atoms. The van der Waals surface area contributed by atoms with Crippen molar-refractivity contribution in [1.82, 2.24) is 5.32 Å². The SMILES string of the molecule is CC(C)(C)OC(=O)Nc1cc(C(F)(F)F)ccc1C1COC(=O)N1. The van der Waals surface area contributed by atoms with E-state index >= 15 is 0 Å². The minimum absolute atomic E-state index is 0.0484. The number of nitrogens with one attached hydrogen (secondary N) is 2. The Kier molecular flexibility index (Phi) is 4.63. The van der Waals surface area contributed by atoms with E-state index in [1.807, 2.05) is 0 Å². The van der Waals surface area contributed by atoms with Crippen LogP contribution in [0, 0.1) is 0 Å². The van der Waals surface area contributed by atoms with Crippen LogP contribution in [0.4, 0.5) is 28.4 Å². The third-order valence-corrected chi connectivity index (χ3v) is 3.06. The third kappa shape index (κ3) is 4.53. The minimum Gasteiger partial charge on any atom is -0.447 e. The van der Waals surface area contributed by atoms with Crippen LogP contribution >= 0.6 is 0 Å². The summed E-state index contributed by atoms with van der Waals surface area (Å²) in [6.45, 7) is 4.84. The van der Waals surface area contributed by atoms with Crippen LogP contribution in [-0.4, -0.2) is 24.4 Å². The second-order valence-corrected chi connectivity index (χ2v) is 6.22. The molecule has 1 saturated heterocycles. The summed E-state index contributed by atoms with van der Waals surface area (Å²) < 4.78 is 48.5. The number of benzene rings is 1. The molecule has 1 aromatic rings. The van der Waals surface area contributed by atoms with Crippen molar-refractivity contribution in [3.63, 3.8) is 0 Å². The number of halogens is 3. The molecule has 9 heteroatoms. The molecule has 0 spiro atoms. The van der Waals surface area contributed by atoms with E-state index in [1.54, 1.807) is 20.8 Å². The number of hydrogen-bond donors (Lipinski definition) is 2. The highest BCUT2D eigenvalue weighted by Gasteiger charge is 2.33. The zero-order valence-corrected chi connectivity index (χ0v) is 13.3. The van der Waals surface area contributed by atoms with Crippen LogP contribution in [0.5, 0.6) is 0 Å². The first kappa shape index (κ1) is 17.9. The third-order valence-electron chi connectivity index (χ3n) is 3.06. The summed E-state index contributed by atoms with van der Waals surface area (Å²) in [6.07, 6.45) is -6.14. The summed E-state index contributed by atoms with van der Waals surface area (Å²) in [5, 5.41) is 4.76. The topological polar surface area (TPSA) is 76.7 Å². The molecule has 1 aliphatic heterocycles. The van der Waals surface area contributed by atoms with Crippen LogP contribution in [0.25, 0.3) is 0 Å². The number of cyclic esters (lactones) is 1. The Balaban J connectivity index is 2.33. The Bertz CT molecular complexity index is 653. The van der Waals surface area contributed by atoms with Crippen molar-refractivity contribution in [3.05, 3.63) is 29.3 Å². The number of rotatable bonds is 2. The lowest BCUT2D eigenvalue weighted by molar-refractivity contribution is -0.137. The van der Waals surface area contributed by atoms with Gasteiger partial charge in [-0.15, -0.1) is 0 Å². The van der Waals surface area contributed by atoms with Crippen LogP contribution in [0.2, 0.25) is 0 Å². The zero-order chi connectivity index (χ0) is 18.1. The maximum atomic E-state index is 12.9. The van der Waals surface area contributed by atoms with E-state index in [1.165, 1.54) is 6.07 Å². The summed E-state index contributed by atoms with van der Waals surface area (Å²) in [7, 11) is 0. The number of alkyl halides is 3. The van der Waals surface area contributed by atoms with Gasteiger partial charge < -0.3 is 14.8 Å². The van der Waals surface area contributed by atoms with Crippen LogP contribution < -0.4 is 10.6 Å². The fraction of sp³-hybridized carbons (Fsp3) is 0.467. The van der Waals surface area contributed by atoms with Crippen LogP contribution in [-0.2, 0) is 15.7 Å². The smallest absolute Gasteiger partial charge is 0.416 e. The Labute approximate surface area is 136 Å². The second kappa shape index (κ2) is 6.21. The molecule has 1 fully saturated rings. The number of anilines is 1. The highest BCUT2D eigenvalue weighted by Crippen LogP contribution is 2.35. The molecule has 1 aliphatic rings. The van der Waals surface area contributed by atoms with E-state index in [9.17, 15) is 22.8 Å². The Morgan fingerprint density at radius 1 is 1.33 bits per heavy atom. The van der Waals surface area contributed by atoms with Gasteiger partial charge in [-0.05, 0) is 32.9 Å². The molecule has 6 nitrogen and oxygen atoms in total. The first-order valence-electron chi connectivity index (χ1n) is 7.10. The summed E-state index contributed by atoms with van der Waals surface area (Å²) in [6, 6.07) is 2.20. The van der Waals surface area contributed by atoms with Crippen LogP contribution in [0.1, 0.15) is 37.9 Å². The van der Waals surface area contributed by atoms with E-state index in [-0.39, 0.29) is 12.3 Å². The van der Waals surface area contributed by atoms with Crippen molar-refractivity contribution >= 4 is 17.9 Å². The fourth-order valence-corrected chi connectivity index (χ4v) is 2.11. The number of ether oxygens (including phenoxy) is 2. The van der Waals surface area contributed by atoms with Crippen molar-refractivity contribution < 1.29 is 32.2 Å². The maximum absolute atomic E-state index is 12.9. The van der Waals surface area contributed by atoms with Crippen LogP contribution in [0.15, 0.2) is 18.2 Å². The van der Waals surface area contributed by atoms with Gasteiger partial charge >= 0.3 is 18.4 Å². The highest BCUT2D eigenvalue weighted by atomic mass is 19.4. The molecule has 0 aliphatic carbocycles. The van der Waals surface area contributed by atoms with Crippen molar-refractivity contribution in [2.75, 3.05) is 11.9 Å². The van der Waals surface area contributed by atoms with Gasteiger partial charge in [0.2, 0.25) is 0 Å². The minimum atomic E-state index is -4.57. The number of carbonyl (C=O) groups is 2. The van der Waals surface area contributed by atoms with Gasteiger partial charge in [-0.2, -0.15) is 13.2 Å². The largest absolute Gasteiger partial charge is 0.447 e. The van der Waals surface area contributed by atoms with Gasteiger partial charge in [0.25, 0.3) is 0 Å². The average molecular weight is 346 g/mol. The fourth-order valence-electron chi connectivity index (χ4n) is 2.11. The highest BCUT2D eigenvalue weighted by molar-refractivity contribution is 5.86. The normalized spacial score (nSPS) is 17.9. The van der Waals surface area contributed by atoms with Gasteiger partial charge in [-0.1, -0.05) is 6.07 Å². The predicted molar refractivity (Wildman–Crippen MR) is 78.5 cm³/mol. The van der Waals surface area contributed by atoms with Crippen molar-refractivity contribution in [3.8, 4) is 0 Å². The van der Waals surface area contributed by atoms with E-state index in [4.69, 9.17) is 9.47 Å². The van der Waals surface area contributed by atoms with Crippen LogP contribution in [0.3, 0.4) is 0 Å². The van der Waals surface area contributed by atoms with Gasteiger partial charge in [-0.25, -0.2) is 9.59 Å². The van der Waals surface area contributed by atoms with Crippen molar-refractivity contribution in [1.29, 1.82) is 0 Å². The molecule has 0 saturated carbocycles. The molecule has 2 amide bonds. The van der Waals surface area contributed by atoms with E-state index in [2.05, 4.69) is 10.6 Å². The summed E-state index contributed by atoms with van der Waals surface area (Å²) in [4.78, 5) is 23.0. The molecule has 1 atom stereocenters. The number of alkyl carbamates (subject to hydrolysis) is 1. The summed E-state index contributed by atoms with van der Waals surface area (Å²) in [5.41, 5.74) is -1.55. The molecular weight excluding hydrogens is 329 g/mol. The molecule has 0 aromatic heterocycles. The molecule has 0 radical (unpaired) electrons. The van der Waals surface area contributed by atoms with Gasteiger partial charge in [0.15, 0.2) is 0 Å². The lowest BCUT2D eigenvalue weighted by Gasteiger charge is -2.22.